The number of likely N-dealkylation sites (N-methyl/N-ethyl adjacent to an activating group) is 1. The number of hydrogen-bond donors (Lipinski definition) is 2. The van der Waals surface area contributed by atoms with Crippen molar-refractivity contribution in [1.29, 1.82) is 0 Å². The molecule has 0 spiro atoms. The lowest BCUT2D eigenvalue weighted by Gasteiger charge is -2.11. The van der Waals surface area contributed by atoms with Crippen LogP contribution in [0.4, 0.5) is 5.95 Å². The van der Waals surface area contributed by atoms with Crippen molar-refractivity contribution in [3.63, 3.8) is 0 Å². The van der Waals surface area contributed by atoms with Crippen LogP contribution in [0, 0.1) is 6.92 Å². The molecule has 0 radical (unpaired) electrons. The minimum absolute atomic E-state index is 0.603. The number of rotatable bonds is 7. The zero-order chi connectivity index (χ0) is 15.1. The lowest BCUT2D eigenvalue weighted by atomic mass is 10.2. The molecule has 2 aromatic rings. The third-order valence-corrected chi connectivity index (χ3v) is 2.98. The Hall–Kier alpha value is -2.14. The summed E-state index contributed by atoms with van der Waals surface area (Å²) in [5, 5.41) is 3.23. The molecule has 112 valence electrons. The summed E-state index contributed by atoms with van der Waals surface area (Å²) in [4.78, 5) is 10.1. The molecular formula is C16H23N4O+. The van der Waals surface area contributed by atoms with E-state index in [4.69, 9.17) is 4.74 Å². The zero-order valence-electron chi connectivity index (χ0n) is 12.9. The predicted molar refractivity (Wildman–Crippen MR) is 83.7 cm³/mol. The molecule has 5 nitrogen and oxygen atoms in total. The molecule has 0 bridgehead atoms. The molecule has 0 aliphatic carbocycles. The summed E-state index contributed by atoms with van der Waals surface area (Å²) in [5.41, 5.74) is 2.09. The SMILES string of the molecule is Cc1cc(OCC[NH+](C)C)nc(NCc2ccccc2)n1. The second-order valence-electron chi connectivity index (χ2n) is 5.32. The molecule has 1 aromatic carbocycles. The second-order valence-corrected chi connectivity index (χ2v) is 5.32. The summed E-state index contributed by atoms with van der Waals surface area (Å²) < 4.78 is 5.68. The van der Waals surface area contributed by atoms with E-state index in [1.165, 1.54) is 10.5 Å². The van der Waals surface area contributed by atoms with Gasteiger partial charge in [0, 0.05) is 18.3 Å². The first-order valence-corrected chi connectivity index (χ1v) is 7.19. The number of ether oxygens (including phenoxy) is 1. The van der Waals surface area contributed by atoms with E-state index in [1.54, 1.807) is 0 Å². The van der Waals surface area contributed by atoms with Crippen LogP contribution < -0.4 is 15.0 Å². The van der Waals surface area contributed by atoms with Gasteiger partial charge in [0.1, 0.15) is 13.2 Å². The Morgan fingerprint density at radius 1 is 1.14 bits per heavy atom. The average molecular weight is 287 g/mol. The van der Waals surface area contributed by atoms with Crippen LogP contribution in [0.3, 0.4) is 0 Å². The Bertz CT molecular complexity index is 557. The molecular weight excluding hydrogens is 264 g/mol. The van der Waals surface area contributed by atoms with Crippen LogP contribution in [0.15, 0.2) is 36.4 Å². The summed E-state index contributed by atoms with van der Waals surface area (Å²) in [7, 11) is 4.20. The van der Waals surface area contributed by atoms with Crippen LogP contribution in [0.5, 0.6) is 5.88 Å². The molecule has 1 aromatic heterocycles. The number of quaternary nitrogens is 1. The van der Waals surface area contributed by atoms with Crippen molar-refractivity contribution in [2.45, 2.75) is 13.5 Å². The molecule has 1 heterocycles. The van der Waals surface area contributed by atoms with Gasteiger partial charge in [-0.15, -0.1) is 0 Å². The maximum atomic E-state index is 5.68. The Morgan fingerprint density at radius 2 is 1.90 bits per heavy atom. The van der Waals surface area contributed by atoms with E-state index in [-0.39, 0.29) is 0 Å². The van der Waals surface area contributed by atoms with E-state index in [0.29, 0.717) is 25.0 Å². The molecule has 0 saturated carbocycles. The Morgan fingerprint density at radius 3 is 2.62 bits per heavy atom. The maximum Gasteiger partial charge on any atom is 0.226 e. The fourth-order valence-electron chi connectivity index (χ4n) is 1.83. The fourth-order valence-corrected chi connectivity index (χ4v) is 1.83. The summed E-state index contributed by atoms with van der Waals surface area (Å²) in [5.74, 6) is 1.23. The molecule has 0 amide bonds. The number of aromatic nitrogens is 2. The fraction of sp³-hybridized carbons (Fsp3) is 0.375. The van der Waals surface area contributed by atoms with Gasteiger partial charge in [-0.2, -0.15) is 4.98 Å². The smallest absolute Gasteiger partial charge is 0.226 e. The first kappa shape index (κ1) is 15.3. The quantitative estimate of drug-likeness (QED) is 0.795. The van der Waals surface area contributed by atoms with Gasteiger partial charge >= 0.3 is 0 Å². The Balaban J connectivity index is 1.94. The number of benzene rings is 1. The average Bonchev–Trinajstić information content (AvgIpc) is 2.45. The summed E-state index contributed by atoms with van der Waals surface area (Å²) in [6.07, 6.45) is 0. The van der Waals surface area contributed by atoms with Crippen molar-refractivity contribution >= 4 is 5.95 Å². The van der Waals surface area contributed by atoms with Crippen LogP contribution in [-0.4, -0.2) is 37.2 Å². The van der Waals surface area contributed by atoms with Crippen LogP contribution in [0.25, 0.3) is 0 Å². The van der Waals surface area contributed by atoms with Gasteiger partial charge in [-0.3, -0.25) is 0 Å². The minimum Gasteiger partial charge on any atom is -0.472 e. The molecule has 0 aliphatic heterocycles. The van der Waals surface area contributed by atoms with Crippen molar-refractivity contribution in [1.82, 2.24) is 9.97 Å². The largest absolute Gasteiger partial charge is 0.472 e. The molecule has 0 atom stereocenters. The first-order valence-electron chi connectivity index (χ1n) is 7.19. The Kier molecular flexibility index (Phi) is 5.51. The van der Waals surface area contributed by atoms with Gasteiger partial charge in [-0.1, -0.05) is 30.3 Å². The van der Waals surface area contributed by atoms with Crippen LogP contribution in [0.1, 0.15) is 11.3 Å². The zero-order valence-corrected chi connectivity index (χ0v) is 12.9. The highest BCUT2D eigenvalue weighted by molar-refractivity contribution is 5.32. The third-order valence-electron chi connectivity index (χ3n) is 2.98. The normalized spacial score (nSPS) is 10.7. The topological polar surface area (TPSA) is 51.5 Å². The molecule has 5 heteroatoms. The molecule has 0 aliphatic rings. The van der Waals surface area contributed by atoms with Gasteiger partial charge in [0.15, 0.2) is 0 Å². The number of aryl methyl sites for hydroxylation is 1. The van der Waals surface area contributed by atoms with E-state index >= 15 is 0 Å². The highest BCUT2D eigenvalue weighted by atomic mass is 16.5. The van der Waals surface area contributed by atoms with Gasteiger partial charge < -0.3 is 15.0 Å². The predicted octanol–water partition coefficient (Wildman–Crippen LogP) is 0.920. The monoisotopic (exact) mass is 287 g/mol. The molecule has 0 unspecified atom stereocenters. The van der Waals surface area contributed by atoms with Crippen LogP contribution in [0.2, 0.25) is 0 Å². The standard InChI is InChI=1S/C16H22N4O/c1-13-11-15(21-10-9-20(2)3)19-16(18-13)17-12-14-7-5-4-6-8-14/h4-8,11H,9-10,12H2,1-3H3,(H,17,18,19)/p+1. The molecule has 0 fully saturated rings. The highest BCUT2D eigenvalue weighted by Gasteiger charge is 2.04. The van der Waals surface area contributed by atoms with Crippen LogP contribution >= 0.6 is 0 Å². The molecule has 2 rings (SSSR count). The van der Waals surface area contributed by atoms with E-state index in [2.05, 4.69) is 41.5 Å². The van der Waals surface area contributed by atoms with Gasteiger partial charge in [-0.25, -0.2) is 4.98 Å². The number of anilines is 1. The molecule has 0 saturated heterocycles. The van der Waals surface area contributed by atoms with Crippen molar-refractivity contribution in [2.75, 3.05) is 32.6 Å². The van der Waals surface area contributed by atoms with E-state index < -0.39 is 0 Å². The maximum absolute atomic E-state index is 5.68. The van der Waals surface area contributed by atoms with E-state index in [1.807, 2.05) is 31.2 Å². The lowest BCUT2D eigenvalue weighted by molar-refractivity contribution is -0.858. The third kappa shape index (κ3) is 5.39. The van der Waals surface area contributed by atoms with Gasteiger partial charge in [0.05, 0.1) is 14.1 Å². The van der Waals surface area contributed by atoms with E-state index in [9.17, 15) is 0 Å². The second kappa shape index (κ2) is 7.59. The van der Waals surface area contributed by atoms with Gasteiger partial charge in [0.2, 0.25) is 11.8 Å². The highest BCUT2D eigenvalue weighted by Crippen LogP contribution is 2.12. The summed E-state index contributed by atoms with van der Waals surface area (Å²) >= 11 is 0. The van der Waals surface area contributed by atoms with Crippen molar-refractivity contribution in [3.8, 4) is 5.88 Å². The number of hydrogen-bond acceptors (Lipinski definition) is 4. The Labute approximate surface area is 126 Å². The first-order chi connectivity index (χ1) is 10.1. The lowest BCUT2D eigenvalue weighted by Crippen LogP contribution is -3.06. The van der Waals surface area contributed by atoms with Gasteiger partial charge in [-0.05, 0) is 12.5 Å². The van der Waals surface area contributed by atoms with Crippen molar-refractivity contribution < 1.29 is 9.64 Å². The number of nitrogens with zero attached hydrogens (tertiary/aromatic N) is 2. The minimum atomic E-state index is 0.603. The molecule has 21 heavy (non-hydrogen) atoms. The van der Waals surface area contributed by atoms with Crippen molar-refractivity contribution in [3.05, 3.63) is 47.7 Å². The number of nitrogens with one attached hydrogen (secondary N) is 2. The van der Waals surface area contributed by atoms with E-state index in [0.717, 1.165) is 12.2 Å². The van der Waals surface area contributed by atoms with Gasteiger partial charge in [0.25, 0.3) is 0 Å². The summed E-state index contributed by atoms with van der Waals surface area (Å²) in [6, 6.07) is 12.0. The molecule has 2 N–H and O–H groups in total. The summed E-state index contributed by atoms with van der Waals surface area (Å²) in [6.45, 7) is 4.23. The van der Waals surface area contributed by atoms with Crippen molar-refractivity contribution in [2.24, 2.45) is 0 Å². The van der Waals surface area contributed by atoms with Crippen LogP contribution in [-0.2, 0) is 6.54 Å².